The molecule has 8 heteroatoms. The summed E-state index contributed by atoms with van der Waals surface area (Å²) in [5.41, 5.74) is 4.40. The zero-order valence-electron chi connectivity index (χ0n) is 18.7. The number of ether oxygens (including phenoxy) is 1. The Labute approximate surface area is 193 Å². The average molecular weight is 453 g/mol. The van der Waals surface area contributed by atoms with Gasteiger partial charge in [0.2, 0.25) is 5.88 Å². The highest BCUT2D eigenvalue weighted by Crippen LogP contribution is 2.36. The van der Waals surface area contributed by atoms with Gasteiger partial charge >= 0.3 is 0 Å². The van der Waals surface area contributed by atoms with Crippen LogP contribution in [0, 0.1) is 0 Å². The van der Waals surface area contributed by atoms with Crippen LogP contribution in [-0.2, 0) is 17.7 Å². The summed E-state index contributed by atoms with van der Waals surface area (Å²) < 4.78 is 5.63. The van der Waals surface area contributed by atoms with Gasteiger partial charge < -0.3 is 15.0 Å². The molecule has 3 aromatic rings. The van der Waals surface area contributed by atoms with Gasteiger partial charge in [-0.25, -0.2) is 0 Å². The number of methoxy groups -OCH3 is 1. The number of H-pyrrole nitrogens is 1. The van der Waals surface area contributed by atoms with Gasteiger partial charge in [-0.2, -0.15) is 5.21 Å². The van der Waals surface area contributed by atoms with Gasteiger partial charge in [0.15, 0.2) is 11.0 Å². The number of rotatable bonds is 9. The van der Waals surface area contributed by atoms with Gasteiger partial charge in [0.1, 0.15) is 5.66 Å². The van der Waals surface area contributed by atoms with E-state index >= 15 is 0 Å². The van der Waals surface area contributed by atoms with Crippen molar-refractivity contribution in [2.75, 3.05) is 7.11 Å². The smallest absolute Gasteiger partial charge is 0.227 e. The quantitative estimate of drug-likeness (QED) is 0.455. The molecular weight excluding hydrogens is 424 g/mol. The fourth-order valence-corrected chi connectivity index (χ4v) is 4.60. The lowest BCUT2D eigenvalue weighted by Gasteiger charge is -2.38. The second-order valence-corrected chi connectivity index (χ2v) is 8.65. The molecule has 2 N–H and O–H groups in total. The Morgan fingerprint density at radius 3 is 2.59 bits per heavy atom. The number of hydrogen-bond donors (Lipinski definition) is 2. The molecule has 1 aromatic heterocycles. The number of aromatic nitrogens is 4. The third kappa shape index (κ3) is 4.58. The Hall–Kier alpha value is -3.06. The van der Waals surface area contributed by atoms with Crippen LogP contribution in [0.1, 0.15) is 50.1 Å². The van der Waals surface area contributed by atoms with Gasteiger partial charge in [-0.1, -0.05) is 78.7 Å². The molecule has 0 saturated carbocycles. The summed E-state index contributed by atoms with van der Waals surface area (Å²) in [6, 6.07) is 17.0. The lowest BCUT2D eigenvalue weighted by Crippen LogP contribution is -2.49. The molecule has 0 radical (unpaired) electrons. The second-order valence-electron chi connectivity index (χ2n) is 8.27. The molecule has 2 heterocycles. The van der Waals surface area contributed by atoms with E-state index < -0.39 is 0 Å². The van der Waals surface area contributed by atoms with Crippen molar-refractivity contribution in [3.63, 3.8) is 0 Å². The molecule has 1 aliphatic rings. The van der Waals surface area contributed by atoms with Crippen LogP contribution in [0.4, 0.5) is 0 Å². The van der Waals surface area contributed by atoms with Gasteiger partial charge in [-0.15, -0.1) is 10.2 Å². The number of unbranched alkanes of at least 4 members (excludes halogenated alkanes) is 1. The number of nitrogens with zero attached hydrogens (tertiary/aromatic N) is 4. The minimum atomic E-state index is -0.270. The van der Waals surface area contributed by atoms with Crippen LogP contribution in [-0.4, -0.2) is 38.3 Å². The zero-order valence-corrected chi connectivity index (χ0v) is 19.5. The van der Waals surface area contributed by atoms with Crippen molar-refractivity contribution in [1.29, 1.82) is 0 Å². The Kier molecular flexibility index (Phi) is 6.65. The predicted octanol–water partition coefficient (Wildman–Crippen LogP) is 4.78. The first-order valence-corrected chi connectivity index (χ1v) is 11.3. The van der Waals surface area contributed by atoms with E-state index in [1.165, 1.54) is 11.1 Å². The van der Waals surface area contributed by atoms with Crippen LogP contribution in [0.25, 0.3) is 11.1 Å². The van der Waals surface area contributed by atoms with Crippen LogP contribution in [0.15, 0.2) is 59.6 Å². The molecule has 2 aromatic carbocycles. The van der Waals surface area contributed by atoms with Crippen LogP contribution >= 0.6 is 11.6 Å². The van der Waals surface area contributed by atoms with E-state index in [1.54, 1.807) is 7.11 Å². The molecule has 1 unspecified atom stereocenters. The molecule has 0 bridgehead atoms. The van der Waals surface area contributed by atoms with Crippen molar-refractivity contribution in [2.45, 2.75) is 51.7 Å². The molecule has 0 amide bonds. The van der Waals surface area contributed by atoms with Crippen molar-refractivity contribution >= 4 is 11.6 Å². The fourth-order valence-electron chi connectivity index (χ4n) is 4.22. The first kappa shape index (κ1) is 22.1. The van der Waals surface area contributed by atoms with Gasteiger partial charge in [-0.3, -0.25) is 0 Å². The number of hydrogen-bond acceptors (Lipinski definition) is 6. The van der Waals surface area contributed by atoms with Crippen molar-refractivity contribution in [1.82, 2.24) is 30.8 Å². The van der Waals surface area contributed by atoms with Crippen LogP contribution in [0.5, 0.6) is 0 Å². The summed E-state index contributed by atoms with van der Waals surface area (Å²) in [7, 11) is 1.67. The number of nitrogens with one attached hydrogen (secondary N) is 2. The maximum absolute atomic E-state index is 6.47. The largest absolute Gasteiger partial charge is 0.480 e. The molecule has 1 aliphatic heterocycles. The maximum Gasteiger partial charge on any atom is 0.227 e. The number of tetrazole rings is 1. The third-order valence-electron chi connectivity index (χ3n) is 5.98. The van der Waals surface area contributed by atoms with Gasteiger partial charge in [0.25, 0.3) is 0 Å². The topological polar surface area (TPSA) is 79.0 Å². The number of halogens is 1. The summed E-state index contributed by atoms with van der Waals surface area (Å²) in [6.07, 6.45) is 3.85. The molecule has 1 atom stereocenters. The summed E-state index contributed by atoms with van der Waals surface area (Å²) in [6.45, 7) is 5.08. The van der Waals surface area contributed by atoms with Gasteiger partial charge in [0, 0.05) is 13.0 Å². The Morgan fingerprint density at radius 2 is 1.91 bits per heavy atom. The fraction of sp³-hybridized carbons (Fsp3) is 0.375. The highest BCUT2D eigenvalue weighted by atomic mass is 35.5. The average Bonchev–Trinajstić information content (AvgIpc) is 3.39. The van der Waals surface area contributed by atoms with Crippen molar-refractivity contribution < 1.29 is 4.74 Å². The van der Waals surface area contributed by atoms with Crippen molar-refractivity contribution in [3.8, 4) is 11.1 Å². The van der Waals surface area contributed by atoms with E-state index in [0.29, 0.717) is 29.8 Å². The van der Waals surface area contributed by atoms with E-state index in [4.69, 9.17) is 16.3 Å². The van der Waals surface area contributed by atoms with E-state index in [1.807, 2.05) is 6.07 Å². The predicted molar refractivity (Wildman–Crippen MR) is 125 cm³/mol. The van der Waals surface area contributed by atoms with Crippen LogP contribution in [0.3, 0.4) is 0 Å². The molecule has 0 aliphatic carbocycles. The monoisotopic (exact) mass is 452 g/mol. The summed E-state index contributed by atoms with van der Waals surface area (Å²) in [4.78, 5) is 2.23. The molecule has 168 valence electrons. The van der Waals surface area contributed by atoms with Crippen LogP contribution < -0.4 is 5.32 Å². The molecular formula is C24H29ClN6O. The minimum absolute atomic E-state index is 0.270. The Morgan fingerprint density at radius 1 is 1.12 bits per heavy atom. The number of benzene rings is 2. The molecule has 0 spiro atoms. The van der Waals surface area contributed by atoms with Gasteiger partial charge in [-0.05, 0) is 42.0 Å². The third-order valence-corrected chi connectivity index (χ3v) is 6.24. The van der Waals surface area contributed by atoms with Crippen molar-refractivity contribution in [2.24, 2.45) is 0 Å². The SMILES string of the molecule is CCCCC1(C)NC(Cl)=C(OC)N1Cc1ccc(-c2ccccc2Cc2nn[nH]n2)cc1. The van der Waals surface area contributed by atoms with Crippen molar-refractivity contribution in [3.05, 3.63) is 76.5 Å². The van der Waals surface area contributed by atoms with E-state index in [-0.39, 0.29) is 5.66 Å². The summed E-state index contributed by atoms with van der Waals surface area (Å²) >= 11 is 6.47. The minimum Gasteiger partial charge on any atom is -0.480 e. The Bertz CT molecular complexity index is 1070. The lowest BCUT2D eigenvalue weighted by molar-refractivity contribution is 0.0597. The van der Waals surface area contributed by atoms with E-state index in [9.17, 15) is 0 Å². The lowest BCUT2D eigenvalue weighted by atomic mass is 9.96. The number of aromatic amines is 1. The molecule has 7 nitrogen and oxygen atoms in total. The second kappa shape index (κ2) is 9.61. The van der Waals surface area contributed by atoms with E-state index in [2.05, 4.69) is 87.2 Å². The highest BCUT2D eigenvalue weighted by molar-refractivity contribution is 6.29. The maximum atomic E-state index is 6.47. The molecule has 4 rings (SSSR count). The first-order chi connectivity index (χ1) is 15.5. The molecule has 0 saturated heterocycles. The first-order valence-electron chi connectivity index (χ1n) is 10.9. The highest BCUT2D eigenvalue weighted by Gasteiger charge is 2.41. The standard InChI is InChI=1S/C24H29ClN6O/c1-4-5-14-24(2)26-22(25)23(32-3)31(24)16-17-10-12-18(13-11-17)20-9-7-6-8-19(20)15-21-27-29-30-28-21/h6-13,26H,4-5,14-16H2,1-3H3,(H,27,28,29,30). The van der Waals surface area contributed by atoms with E-state index in [0.717, 1.165) is 30.4 Å². The summed E-state index contributed by atoms with van der Waals surface area (Å²) in [5, 5.41) is 18.4. The normalized spacial score (nSPS) is 18.2. The molecule has 32 heavy (non-hydrogen) atoms. The summed E-state index contributed by atoms with van der Waals surface area (Å²) in [5.74, 6) is 1.37. The molecule has 0 fully saturated rings. The zero-order chi connectivity index (χ0) is 22.6. The van der Waals surface area contributed by atoms with Gasteiger partial charge in [0.05, 0.1) is 7.11 Å². The Balaban J connectivity index is 1.55. The van der Waals surface area contributed by atoms with Crippen LogP contribution in [0.2, 0.25) is 0 Å².